The van der Waals surface area contributed by atoms with E-state index in [0.29, 0.717) is 6.54 Å². The van der Waals surface area contributed by atoms with Gasteiger partial charge in [-0.3, -0.25) is 14.7 Å². The van der Waals surface area contributed by atoms with Crippen molar-refractivity contribution in [1.29, 1.82) is 0 Å². The number of aliphatic carboxylic acids is 1. The van der Waals surface area contributed by atoms with Gasteiger partial charge in [0.2, 0.25) is 0 Å². The van der Waals surface area contributed by atoms with Crippen molar-refractivity contribution in [2.45, 2.75) is 18.9 Å². The molecule has 4 aromatic rings. The van der Waals surface area contributed by atoms with Crippen LogP contribution in [0.5, 0.6) is 0 Å². The second-order valence-corrected chi connectivity index (χ2v) is 8.13. The summed E-state index contributed by atoms with van der Waals surface area (Å²) < 4.78 is 0. The van der Waals surface area contributed by atoms with E-state index in [-0.39, 0.29) is 12.0 Å². The molecule has 2 atom stereocenters. The Bertz CT molecular complexity index is 1210. The molecule has 150 valence electrons. The predicted molar refractivity (Wildman–Crippen MR) is 119 cm³/mol. The van der Waals surface area contributed by atoms with Crippen molar-refractivity contribution in [2.75, 3.05) is 13.1 Å². The minimum absolute atomic E-state index is 0.0100. The first-order chi connectivity index (χ1) is 14.7. The number of piperidine rings is 1. The number of carbonyl (C=O) groups is 1. The monoisotopic (exact) mass is 396 g/mol. The van der Waals surface area contributed by atoms with Gasteiger partial charge in [0.1, 0.15) is 0 Å². The van der Waals surface area contributed by atoms with E-state index in [0.717, 1.165) is 30.2 Å². The highest BCUT2D eigenvalue weighted by molar-refractivity contribution is 5.87. The summed E-state index contributed by atoms with van der Waals surface area (Å²) in [5, 5.41) is 14.3. The normalized spacial score (nSPS) is 18.5. The lowest BCUT2D eigenvalue weighted by atomic mass is 9.88. The molecule has 1 fully saturated rings. The molecule has 4 nitrogen and oxygen atoms in total. The summed E-state index contributed by atoms with van der Waals surface area (Å²) in [6.45, 7) is 1.46. The summed E-state index contributed by atoms with van der Waals surface area (Å²) in [4.78, 5) is 18.3. The molecule has 0 radical (unpaired) electrons. The van der Waals surface area contributed by atoms with Gasteiger partial charge in [-0.1, -0.05) is 54.6 Å². The van der Waals surface area contributed by atoms with E-state index in [1.54, 1.807) is 0 Å². The van der Waals surface area contributed by atoms with Gasteiger partial charge in [-0.05, 0) is 58.8 Å². The Morgan fingerprint density at radius 1 is 1.00 bits per heavy atom. The molecule has 1 aliphatic heterocycles. The van der Waals surface area contributed by atoms with Gasteiger partial charge in [0.15, 0.2) is 0 Å². The minimum atomic E-state index is -0.694. The van der Waals surface area contributed by atoms with Gasteiger partial charge in [0.05, 0.1) is 12.0 Å². The van der Waals surface area contributed by atoms with Crippen LogP contribution in [0.3, 0.4) is 0 Å². The van der Waals surface area contributed by atoms with Crippen LogP contribution >= 0.6 is 0 Å². The first-order valence-electron chi connectivity index (χ1n) is 10.5. The number of pyridine rings is 1. The summed E-state index contributed by atoms with van der Waals surface area (Å²) >= 11 is 0. The van der Waals surface area contributed by atoms with Gasteiger partial charge in [-0.15, -0.1) is 0 Å². The molecule has 2 heterocycles. The van der Waals surface area contributed by atoms with Crippen LogP contribution in [0.25, 0.3) is 21.5 Å². The fourth-order valence-corrected chi connectivity index (χ4v) is 4.79. The van der Waals surface area contributed by atoms with Gasteiger partial charge in [0, 0.05) is 24.3 Å². The maximum atomic E-state index is 11.7. The Morgan fingerprint density at radius 3 is 2.77 bits per heavy atom. The molecule has 0 amide bonds. The van der Waals surface area contributed by atoms with Crippen molar-refractivity contribution in [2.24, 2.45) is 5.92 Å². The number of nitrogens with zero attached hydrogens (tertiary/aromatic N) is 2. The van der Waals surface area contributed by atoms with E-state index in [1.807, 2.05) is 18.5 Å². The number of hydrogen-bond acceptors (Lipinski definition) is 3. The highest BCUT2D eigenvalue weighted by Crippen LogP contribution is 2.37. The van der Waals surface area contributed by atoms with Gasteiger partial charge < -0.3 is 5.11 Å². The van der Waals surface area contributed by atoms with Crippen molar-refractivity contribution < 1.29 is 9.90 Å². The zero-order valence-electron chi connectivity index (χ0n) is 16.7. The zero-order chi connectivity index (χ0) is 20.5. The van der Waals surface area contributed by atoms with Gasteiger partial charge in [-0.2, -0.15) is 0 Å². The van der Waals surface area contributed by atoms with E-state index in [4.69, 9.17) is 0 Å². The SMILES string of the molecule is O=C(O)C1CCCN(C(c2ccc3cnccc3c2)c2cccc3ccccc23)C1. The van der Waals surface area contributed by atoms with Gasteiger partial charge >= 0.3 is 5.97 Å². The summed E-state index contributed by atoms with van der Waals surface area (Å²) in [6.07, 6.45) is 5.35. The molecular weight excluding hydrogens is 372 g/mol. The van der Waals surface area contributed by atoms with Crippen LogP contribution in [-0.4, -0.2) is 34.0 Å². The Morgan fingerprint density at radius 2 is 1.87 bits per heavy atom. The van der Waals surface area contributed by atoms with Crippen LogP contribution in [0, 0.1) is 5.92 Å². The number of hydrogen-bond donors (Lipinski definition) is 1. The summed E-state index contributed by atoms with van der Waals surface area (Å²) in [5.74, 6) is -1.01. The molecule has 1 aliphatic rings. The third-order valence-corrected chi connectivity index (χ3v) is 6.27. The van der Waals surface area contributed by atoms with Crippen molar-refractivity contribution in [3.05, 3.63) is 90.3 Å². The molecule has 1 N–H and O–H groups in total. The molecule has 0 spiro atoms. The molecule has 3 aromatic carbocycles. The second kappa shape index (κ2) is 7.88. The summed E-state index contributed by atoms with van der Waals surface area (Å²) in [6, 6.07) is 23.4. The van der Waals surface area contributed by atoms with Crippen LogP contribution in [-0.2, 0) is 4.79 Å². The fourth-order valence-electron chi connectivity index (χ4n) is 4.79. The Hall–Kier alpha value is -3.24. The first-order valence-corrected chi connectivity index (χ1v) is 10.5. The average Bonchev–Trinajstić information content (AvgIpc) is 2.79. The van der Waals surface area contributed by atoms with Crippen LogP contribution in [0.15, 0.2) is 79.1 Å². The lowest BCUT2D eigenvalue weighted by Crippen LogP contribution is -2.41. The predicted octanol–water partition coefficient (Wildman–Crippen LogP) is 5.27. The molecule has 4 heteroatoms. The lowest BCUT2D eigenvalue weighted by Gasteiger charge is -2.38. The van der Waals surface area contributed by atoms with Crippen molar-refractivity contribution in [3.8, 4) is 0 Å². The van der Waals surface area contributed by atoms with Crippen LogP contribution in [0.1, 0.15) is 30.0 Å². The number of carboxylic acids is 1. The first kappa shape index (κ1) is 18.8. The molecule has 1 aromatic heterocycles. The molecule has 30 heavy (non-hydrogen) atoms. The molecule has 0 bridgehead atoms. The molecule has 1 saturated heterocycles. The lowest BCUT2D eigenvalue weighted by molar-refractivity contribution is -0.143. The van der Waals surface area contributed by atoms with E-state index in [9.17, 15) is 9.90 Å². The van der Waals surface area contributed by atoms with E-state index in [1.165, 1.54) is 21.9 Å². The fraction of sp³-hybridized carbons (Fsp3) is 0.231. The van der Waals surface area contributed by atoms with E-state index < -0.39 is 5.97 Å². The van der Waals surface area contributed by atoms with Gasteiger partial charge in [0.25, 0.3) is 0 Å². The number of rotatable bonds is 4. The molecule has 0 saturated carbocycles. The van der Waals surface area contributed by atoms with Crippen LogP contribution < -0.4 is 0 Å². The van der Waals surface area contributed by atoms with E-state index in [2.05, 4.69) is 70.5 Å². The van der Waals surface area contributed by atoms with Crippen LogP contribution in [0.4, 0.5) is 0 Å². The maximum absolute atomic E-state index is 11.7. The van der Waals surface area contributed by atoms with Gasteiger partial charge in [-0.25, -0.2) is 0 Å². The molecule has 2 unspecified atom stereocenters. The highest BCUT2D eigenvalue weighted by atomic mass is 16.4. The quantitative estimate of drug-likeness (QED) is 0.510. The van der Waals surface area contributed by atoms with Crippen molar-refractivity contribution in [3.63, 3.8) is 0 Å². The summed E-state index contributed by atoms with van der Waals surface area (Å²) in [5.41, 5.74) is 2.42. The summed E-state index contributed by atoms with van der Waals surface area (Å²) in [7, 11) is 0. The van der Waals surface area contributed by atoms with Crippen molar-refractivity contribution in [1.82, 2.24) is 9.88 Å². The largest absolute Gasteiger partial charge is 0.481 e. The second-order valence-electron chi connectivity index (χ2n) is 8.13. The molecule has 5 rings (SSSR count). The maximum Gasteiger partial charge on any atom is 0.307 e. The number of carboxylic acid groups (broad SMARTS) is 1. The third-order valence-electron chi connectivity index (χ3n) is 6.27. The minimum Gasteiger partial charge on any atom is -0.481 e. The van der Waals surface area contributed by atoms with Crippen LogP contribution in [0.2, 0.25) is 0 Å². The topological polar surface area (TPSA) is 53.4 Å². The smallest absolute Gasteiger partial charge is 0.307 e. The Balaban J connectivity index is 1.67. The zero-order valence-corrected chi connectivity index (χ0v) is 16.7. The molecule has 0 aliphatic carbocycles. The number of fused-ring (bicyclic) bond motifs is 2. The average molecular weight is 396 g/mol. The number of likely N-dealkylation sites (tertiary alicyclic amines) is 1. The molecular formula is C26H24N2O2. The Labute approximate surface area is 175 Å². The standard InChI is InChI=1S/C26H24N2O2/c29-26(30)22-7-4-14-28(17-22)25(20-10-11-21-16-27-13-12-19(21)15-20)24-9-3-6-18-5-1-2-8-23(18)24/h1-3,5-6,8-13,15-16,22,25H,4,7,14,17H2,(H,29,30). The number of aromatic nitrogens is 1. The van der Waals surface area contributed by atoms with Crippen molar-refractivity contribution >= 4 is 27.5 Å². The third kappa shape index (κ3) is 3.44. The van der Waals surface area contributed by atoms with E-state index >= 15 is 0 Å². The highest BCUT2D eigenvalue weighted by Gasteiger charge is 2.32. The Kier molecular flexibility index (Phi) is 4.93. The number of benzene rings is 3.